The molecule has 0 saturated carbocycles. The normalized spacial score (nSPS) is 14.7. The second-order valence-electron chi connectivity index (χ2n) is 7.72. The zero-order valence-corrected chi connectivity index (χ0v) is 18.3. The molecule has 4 N–H and O–H groups in total. The Kier molecular flexibility index (Phi) is 7.80. The van der Waals surface area contributed by atoms with E-state index in [1.54, 1.807) is 43.1 Å². The number of ether oxygens (including phenoxy) is 1. The number of carbonyl (C=O) groups excluding carboxylic acids is 3. The molecule has 1 atom stereocenters. The van der Waals surface area contributed by atoms with Crippen LogP contribution in [0, 0.1) is 0 Å². The third-order valence-electron chi connectivity index (χ3n) is 5.40. The molecule has 3 amide bonds. The maximum atomic E-state index is 12.5. The van der Waals surface area contributed by atoms with Crippen molar-refractivity contribution in [2.24, 2.45) is 5.73 Å². The first kappa shape index (κ1) is 23.2. The fourth-order valence-electron chi connectivity index (χ4n) is 3.31. The third-order valence-corrected chi connectivity index (χ3v) is 5.40. The number of amides is 3. The molecule has 170 valence electrons. The highest BCUT2D eigenvalue weighted by Gasteiger charge is 2.20. The van der Waals surface area contributed by atoms with E-state index >= 15 is 0 Å². The van der Waals surface area contributed by atoms with Crippen molar-refractivity contribution in [2.45, 2.75) is 13.0 Å². The van der Waals surface area contributed by atoms with Crippen LogP contribution in [0.5, 0.6) is 0 Å². The molecule has 1 saturated heterocycles. The summed E-state index contributed by atoms with van der Waals surface area (Å²) >= 11 is 0. The van der Waals surface area contributed by atoms with Crippen LogP contribution in [0.25, 0.3) is 0 Å². The SMILES string of the molecule is CC(C(=O)Nc1ccc(C(N)=O)cc1)N(C)CC(=O)Nc1ccc(N2CCOCC2)cc1. The highest BCUT2D eigenvalue weighted by atomic mass is 16.5. The van der Waals surface area contributed by atoms with E-state index in [1.165, 1.54) is 0 Å². The lowest BCUT2D eigenvalue weighted by Crippen LogP contribution is -2.43. The van der Waals surface area contributed by atoms with Crippen LogP contribution < -0.4 is 21.3 Å². The van der Waals surface area contributed by atoms with Gasteiger partial charge in [-0.1, -0.05) is 0 Å². The summed E-state index contributed by atoms with van der Waals surface area (Å²) in [5.74, 6) is -1.00. The van der Waals surface area contributed by atoms with Crippen LogP contribution in [0.2, 0.25) is 0 Å². The van der Waals surface area contributed by atoms with Crippen LogP contribution >= 0.6 is 0 Å². The minimum absolute atomic E-state index is 0.0560. The minimum atomic E-state index is -0.541. The molecule has 1 aliphatic rings. The van der Waals surface area contributed by atoms with E-state index in [9.17, 15) is 14.4 Å². The number of hydrogen-bond donors (Lipinski definition) is 3. The number of likely N-dealkylation sites (N-methyl/N-ethyl adjacent to an activating group) is 1. The van der Waals surface area contributed by atoms with Crippen molar-refractivity contribution >= 4 is 34.8 Å². The van der Waals surface area contributed by atoms with Crippen LogP contribution in [0.3, 0.4) is 0 Å². The minimum Gasteiger partial charge on any atom is -0.378 e. The second kappa shape index (κ2) is 10.7. The van der Waals surface area contributed by atoms with E-state index in [-0.39, 0.29) is 18.4 Å². The summed E-state index contributed by atoms with van der Waals surface area (Å²) in [6.07, 6.45) is 0. The molecule has 1 fully saturated rings. The number of hydrogen-bond acceptors (Lipinski definition) is 6. The molecule has 2 aromatic carbocycles. The van der Waals surface area contributed by atoms with Gasteiger partial charge in [-0.15, -0.1) is 0 Å². The summed E-state index contributed by atoms with van der Waals surface area (Å²) in [6.45, 7) is 4.92. The van der Waals surface area contributed by atoms with Gasteiger partial charge in [0.25, 0.3) is 0 Å². The molecule has 1 aliphatic heterocycles. The fourth-order valence-corrected chi connectivity index (χ4v) is 3.31. The quantitative estimate of drug-likeness (QED) is 0.574. The first-order chi connectivity index (χ1) is 15.3. The first-order valence-electron chi connectivity index (χ1n) is 10.5. The van der Waals surface area contributed by atoms with E-state index < -0.39 is 11.9 Å². The van der Waals surface area contributed by atoms with Gasteiger partial charge in [-0.25, -0.2) is 0 Å². The molecule has 9 heteroatoms. The molecule has 1 unspecified atom stereocenters. The van der Waals surface area contributed by atoms with Crippen LogP contribution in [-0.4, -0.2) is 68.6 Å². The van der Waals surface area contributed by atoms with Gasteiger partial charge in [-0.05, 0) is 62.5 Å². The zero-order valence-electron chi connectivity index (χ0n) is 18.3. The maximum absolute atomic E-state index is 12.5. The number of anilines is 3. The molecular weight excluding hydrogens is 410 g/mol. The van der Waals surface area contributed by atoms with E-state index in [0.717, 1.165) is 32.0 Å². The molecule has 0 bridgehead atoms. The predicted octanol–water partition coefficient (Wildman–Crippen LogP) is 1.52. The second-order valence-corrected chi connectivity index (χ2v) is 7.72. The average Bonchev–Trinajstić information content (AvgIpc) is 2.79. The summed E-state index contributed by atoms with van der Waals surface area (Å²) in [4.78, 5) is 40.0. The average molecular weight is 440 g/mol. The zero-order chi connectivity index (χ0) is 23.1. The van der Waals surface area contributed by atoms with Gasteiger partial charge in [-0.2, -0.15) is 0 Å². The molecule has 9 nitrogen and oxygen atoms in total. The highest BCUT2D eigenvalue weighted by Crippen LogP contribution is 2.19. The van der Waals surface area contributed by atoms with Crippen molar-refractivity contribution in [3.05, 3.63) is 54.1 Å². The number of rotatable bonds is 8. The number of nitrogens with one attached hydrogen (secondary N) is 2. The third kappa shape index (κ3) is 6.29. The Morgan fingerprint density at radius 3 is 2.16 bits per heavy atom. The summed E-state index contributed by atoms with van der Waals surface area (Å²) in [6, 6.07) is 13.5. The molecule has 0 aromatic heterocycles. The highest BCUT2D eigenvalue weighted by molar-refractivity contribution is 5.97. The van der Waals surface area contributed by atoms with E-state index in [0.29, 0.717) is 16.9 Å². The summed E-state index contributed by atoms with van der Waals surface area (Å²) in [5, 5.41) is 5.64. The van der Waals surface area contributed by atoms with Gasteiger partial charge in [-0.3, -0.25) is 19.3 Å². The Balaban J connectivity index is 1.48. The lowest BCUT2D eigenvalue weighted by molar-refractivity contribution is -0.122. The maximum Gasteiger partial charge on any atom is 0.248 e. The van der Waals surface area contributed by atoms with E-state index in [1.807, 2.05) is 24.3 Å². The van der Waals surface area contributed by atoms with Crippen LogP contribution in [0.1, 0.15) is 17.3 Å². The van der Waals surface area contributed by atoms with Crippen molar-refractivity contribution in [2.75, 3.05) is 55.4 Å². The van der Waals surface area contributed by atoms with Gasteiger partial charge in [0.1, 0.15) is 0 Å². The van der Waals surface area contributed by atoms with Gasteiger partial charge < -0.3 is 26.0 Å². The van der Waals surface area contributed by atoms with Gasteiger partial charge in [0, 0.05) is 35.7 Å². The number of benzene rings is 2. The smallest absolute Gasteiger partial charge is 0.248 e. The molecule has 3 rings (SSSR count). The van der Waals surface area contributed by atoms with Gasteiger partial charge in [0.15, 0.2) is 0 Å². The molecule has 1 heterocycles. The molecule has 0 radical (unpaired) electrons. The van der Waals surface area contributed by atoms with Gasteiger partial charge >= 0.3 is 0 Å². The van der Waals surface area contributed by atoms with Crippen molar-refractivity contribution in [3.8, 4) is 0 Å². The van der Waals surface area contributed by atoms with E-state index in [4.69, 9.17) is 10.5 Å². The Labute approximate surface area is 187 Å². The Hall–Kier alpha value is -3.43. The van der Waals surface area contributed by atoms with E-state index in [2.05, 4.69) is 15.5 Å². The Bertz CT molecular complexity index is 940. The fraction of sp³-hybridized carbons (Fsp3) is 0.348. The van der Waals surface area contributed by atoms with Crippen molar-refractivity contribution in [1.29, 1.82) is 0 Å². The Morgan fingerprint density at radius 1 is 1.00 bits per heavy atom. The predicted molar refractivity (Wildman–Crippen MR) is 124 cm³/mol. The van der Waals surface area contributed by atoms with Crippen molar-refractivity contribution < 1.29 is 19.1 Å². The van der Waals surface area contributed by atoms with Gasteiger partial charge in [0.05, 0.1) is 25.8 Å². The van der Waals surface area contributed by atoms with Crippen molar-refractivity contribution in [3.63, 3.8) is 0 Å². The number of nitrogens with zero attached hydrogens (tertiary/aromatic N) is 2. The topological polar surface area (TPSA) is 117 Å². The molecule has 2 aromatic rings. The van der Waals surface area contributed by atoms with Crippen LogP contribution in [-0.2, 0) is 14.3 Å². The summed E-state index contributed by atoms with van der Waals surface area (Å²) in [5.41, 5.74) is 7.92. The number of primary amides is 1. The van der Waals surface area contributed by atoms with Crippen LogP contribution in [0.15, 0.2) is 48.5 Å². The standard InChI is InChI=1S/C23H29N5O4/c1-16(23(31)26-19-5-3-17(4-6-19)22(24)30)27(2)15-21(29)25-18-7-9-20(10-8-18)28-11-13-32-14-12-28/h3-10,16H,11-15H2,1-2H3,(H2,24,30)(H,25,29)(H,26,31). The lowest BCUT2D eigenvalue weighted by Gasteiger charge is -2.29. The van der Waals surface area contributed by atoms with Gasteiger partial charge in [0.2, 0.25) is 17.7 Å². The summed E-state index contributed by atoms with van der Waals surface area (Å²) in [7, 11) is 1.71. The molecule has 0 aliphatic carbocycles. The molecular formula is C23H29N5O4. The Morgan fingerprint density at radius 2 is 1.56 bits per heavy atom. The lowest BCUT2D eigenvalue weighted by atomic mass is 10.2. The number of morpholine rings is 1. The summed E-state index contributed by atoms with van der Waals surface area (Å²) < 4.78 is 5.37. The molecule has 32 heavy (non-hydrogen) atoms. The van der Waals surface area contributed by atoms with Crippen LogP contribution in [0.4, 0.5) is 17.1 Å². The monoisotopic (exact) mass is 439 g/mol. The first-order valence-corrected chi connectivity index (χ1v) is 10.5. The van der Waals surface area contributed by atoms with Crippen molar-refractivity contribution in [1.82, 2.24) is 4.90 Å². The number of carbonyl (C=O) groups is 3. The molecule has 0 spiro atoms. The largest absolute Gasteiger partial charge is 0.378 e. The number of nitrogens with two attached hydrogens (primary N) is 1.